The number of amides is 1. The monoisotopic (exact) mass is 241 g/mol. The van der Waals surface area contributed by atoms with Crippen molar-refractivity contribution in [3.63, 3.8) is 0 Å². The van der Waals surface area contributed by atoms with Crippen LogP contribution in [0.25, 0.3) is 0 Å². The Morgan fingerprint density at radius 3 is 2.29 bits per heavy atom. The molecule has 4 nitrogen and oxygen atoms in total. The zero-order valence-corrected chi connectivity index (χ0v) is 11.3. The molecule has 0 unspecified atom stereocenters. The summed E-state index contributed by atoms with van der Waals surface area (Å²) < 4.78 is 5.06. The van der Waals surface area contributed by atoms with Crippen LogP contribution < -0.4 is 5.32 Å². The van der Waals surface area contributed by atoms with Gasteiger partial charge in [-0.2, -0.15) is 0 Å². The Balaban J connectivity index is 2.21. The van der Waals surface area contributed by atoms with Crippen molar-refractivity contribution >= 4 is 11.9 Å². The highest BCUT2D eigenvalue weighted by atomic mass is 16.6. The summed E-state index contributed by atoms with van der Waals surface area (Å²) in [6.07, 6.45) is 3.48. The van der Waals surface area contributed by atoms with Gasteiger partial charge >= 0.3 is 6.09 Å². The third-order valence-electron chi connectivity index (χ3n) is 3.01. The van der Waals surface area contributed by atoms with Crippen LogP contribution in [-0.2, 0) is 9.53 Å². The van der Waals surface area contributed by atoms with E-state index in [4.69, 9.17) is 4.74 Å². The van der Waals surface area contributed by atoms with Crippen LogP contribution in [0.3, 0.4) is 0 Å². The van der Waals surface area contributed by atoms with Crippen molar-refractivity contribution in [1.29, 1.82) is 0 Å². The van der Waals surface area contributed by atoms with Crippen LogP contribution >= 0.6 is 0 Å². The molecule has 17 heavy (non-hydrogen) atoms. The third kappa shape index (κ3) is 5.20. The fourth-order valence-corrected chi connectivity index (χ4v) is 1.98. The predicted octanol–water partition coefficient (Wildman–Crippen LogP) is 2.66. The lowest BCUT2D eigenvalue weighted by atomic mass is 9.67. The Kier molecular flexibility index (Phi) is 4.17. The Bertz CT molecular complexity index is 300. The number of hydrogen-bond donors (Lipinski definition) is 1. The van der Waals surface area contributed by atoms with E-state index in [2.05, 4.69) is 12.2 Å². The van der Waals surface area contributed by atoms with Crippen molar-refractivity contribution in [2.75, 3.05) is 6.54 Å². The summed E-state index contributed by atoms with van der Waals surface area (Å²) >= 11 is 0. The molecule has 0 spiro atoms. The number of ether oxygens (including phenoxy) is 1. The lowest BCUT2D eigenvalue weighted by Crippen LogP contribution is -2.37. The minimum atomic E-state index is -0.524. The average Bonchev–Trinajstić information content (AvgIpc) is 2.09. The number of carbonyl (C=O) groups is 2. The second-order valence-electron chi connectivity index (χ2n) is 6.24. The maximum Gasteiger partial charge on any atom is 0.408 e. The van der Waals surface area contributed by atoms with E-state index >= 15 is 0 Å². The van der Waals surface area contributed by atoms with Crippen LogP contribution in [0, 0.1) is 5.41 Å². The van der Waals surface area contributed by atoms with Gasteiger partial charge in [0.2, 0.25) is 0 Å². The topological polar surface area (TPSA) is 55.4 Å². The maximum atomic E-state index is 11.7. The summed E-state index contributed by atoms with van der Waals surface area (Å²) in [6.45, 7) is 7.59. The summed E-state index contributed by atoms with van der Waals surface area (Å²) in [6, 6.07) is 0. The molecule has 1 fully saturated rings. The second kappa shape index (κ2) is 5.07. The average molecular weight is 241 g/mol. The highest BCUT2D eigenvalue weighted by Gasteiger charge is 2.33. The largest absolute Gasteiger partial charge is 0.444 e. The number of Topliss-reactive ketones (excluding diaryl/α,β-unsaturated/α-hetero) is 1. The van der Waals surface area contributed by atoms with Gasteiger partial charge < -0.3 is 10.1 Å². The number of rotatable bonds is 4. The maximum absolute atomic E-state index is 11.7. The first-order valence-corrected chi connectivity index (χ1v) is 6.19. The van der Waals surface area contributed by atoms with Gasteiger partial charge in [-0.1, -0.05) is 13.3 Å². The van der Waals surface area contributed by atoms with Crippen molar-refractivity contribution in [2.45, 2.75) is 59.0 Å². The van der Waals surface area contributed by atoms with Gasteiger partial charge in [0.25, 0.3) is 0 Å². The fraction of sp³-hybridized carbons (Fsp3) is 0.846. The standard InChI is InChI=1S/C13H23NO3/c1-12(2,3)17-11(16)14-9-10(15)8-13(4)6-5-7-13/h5-9H2,1-4H3,(H,14,16). The molecular formula is C13H23NO3. The number of carbonyl (C=O) groups excluding carboxylic acids is 2. The quantitative estimate of drug-likeness (QED) is 0.823. The number of nitrogens with one attached hydrogen (secondary N) is 1. The van der Waals surface area contributed by atoms with Gasteiger partial charge in [0.05, 0.1) is 6.54 Å². The smallest absolute Gasteiger partial charge is 0.408 e. The van der Waals surface area contributed by atoms with Crippen LogP contribution in [0.15, 0.2) is 0 Å². The van der Waals surface area contributed by atoms with Gasteiger partial charge in [-0.15, -0.1) is 0 Å². The molecule has 0 atom stereocenters. The molecule has 98 valence electrons. The van der Waals surface area contributed by atoms with Gasteiger partial charge in [0.1, 0.15) is 5.60 Å². The molecule has 1 aliphatic rings. The summed E-state index contributed by atoms with van der Waals surface area (Å²) in [5.74, 6) is 0.0815. The third-order valence-corrected chi connectivity index (χ3v) is 3.01. The van der Waals surface area contributed by atoms with Crippen molar-refractivity contribution in [3.8, 4) is 0 Å². The van der Waals surface area contributed by atoms with E-state index in [0.717, 1.165) is 12.8 Å². The van der Waals surface area contributed by atoms with Crippen molar-refractivity contribution in [3.05, 3.63) is 0 Å². The van der Waals surface area contributed by atoms with E-state index in [1.165, 1.54) is 6.42 Å². The first-order valence-electron chi connectivity index (χ1n) is 6.19. The minimum absolute atomic E-state index is 0.0739. The van der Waals surface area contributed by atoms with Crippen LogP contribution in [0.2, 0.25) is 0 Å². The lowest BCUT2D eigenvalue weighted by Gasteiger charge is -2.37. The molecule has 0 saturated heterocycles. The Morgan fingerprint density at radius 2 is 1.88 bits per heavy atom. The van der Waals surface area contributed by atoms with E-state index in [9.17, 15) is 9.59 Å². The van der Waals surface area contributed by atoms with Crippen molar-refractivity contribution in [1.82, 2.24) is 5.32 Å². The summed E-state index contributed by atoms with van der Waals surface area (Å²) in [5.41, 5.74) is -0.347. The molecular weight excluding hydrogens is 218 g/mol. The summed E-state index contributed by atoms with van der Waals surface area (Å²) in [5, 5.41) is 2.50. The van der Waals surface area contributed by atoms with E-state index in [0.29, 0.717) is 6.42 Å². The van der Waals surface area contributed by atoms with Crippen LogP contribution in [0.1, 0.15) is 53.4 Å². The predicted molar refractivity (Wildman–Crippen MR) is 65.8 cm³/mol. The normalized spacial score (nSPS) is 18.1. The SMILES string of the molecule is CC1(CC(=O)CNC(=O)OC(C)(C)C)CCC1. The minimum Gasteiger partial charge on any atom is -0.444 e. The molecule has 0 bridgehead atoms. The molecule has 0 aromatic heterocycles. The van der Waals surface area contributed by atoms with E-state index in [-0.39, 0.29) is 17.7 Å². The number of hydrogen-bond acceptors (Lipinski definition) is 3. The Labute approximate surface area is 103 Å². The van der Waals surface area contributed by atoms with Gasteiger partial charge in [-0.05, 0) is 39.0 Å². The summed E-state index contributed by atoms with van der Waals surface area (Å²) in [7, 11) is 0. The molecule has 0 aromatic rings. The van der Waals surface area contributed by atoms with Crippen molar-refractivity contribution in [2.24, 2.45) is 5.41 Å². The van der Waals surface area contributed by atoms with Crippen LogP contribution in [0.5, 0.6) is 0 Å². The van der Waals surface area contributed by atoms with Gasteiger partial charge in [0, 0.05) is 6.42 Å². The Morgan fingerprint density at radius 1 is 1.29 bits per heavy atom. The van der Waals surface area contributed by atoms with Crippen LogP contribution in [0.4, 0.5) is 4.79 Å². The molecule has 0 aliphatic heterocycles. The molecule has 0 heterocycles. The molecule has 1 saturated carbocycles. The molecule has 1 rings (SSSR count). The number of ketones is 1. The van der Waals surface area contributed by atoms with E-state index in [1.54, 1.807) is 20.8 Å². The van der Waals surface area contributed by atoms with Gasteiger partial charge in [0.15, 0.2) is 5.78 Å². The highest BCUT2D eigenvalue weighted by Crippen LogP contribution is 2.43. The second-order valence-corrected chi connectivity index (χ2v) is 6.24. The van der Waals surface area contributed by atoms with E-state index < -0.39 is 11.7 Å². The fourth-order valence-electron chi connectivity index (χ4n) is 1.98. The zero-order valence-electron chi connectivity index (χ0n) is 11.3. The van der Waals surface area contributed by atoms with Gasteiger partial charge in [-0.3, -0.25) is 4.79 Å². The molecule has 4 heteroatoms. The summed E-state index contributed by atoms with van der Waals surface area (Å²) in [4.78, 5) is 23.0. The van der Waals surface area contributed by atoms with E-state index in [1.807, 2.05) is 0 Å². The van der Waals surface area contributed by atoms with Crippen LogP contribution in [-0.4, -0.2) is 24.0 Å². The first kappa shape index (κ1) is 14.0. The molecule has 1 N–H and O–H groups in total. The first-order chi connectivity index (χ1) is 7.70. The van der Waals surface area contributed by atoms with Crippen molar-refractivity contribution < 1.29 is 14.3 Å². The number of alkyl carbamates (subject to hydrolysis) is 1. The Hall–Kier alpha value is -1.06. The lowest BCUT2D eigenvalue weighted by molar-refractivity contribution is -0.121. The van der Waals surface area contributed by atoms with Gasteiger partial charge in [-0.25, -0.2) is 4.79 Å². The molecule has 1 amide bonds. The molecule has 1 aliphatic carbocycles. The molecule has 0 aromatic carbocycles. The highest BCUT2D eigenvalue weighted by molar-refractivity contribution is 5.84. The molecule has 0 radical (unpaired) electrons. The zero-order chi connectivity index (χ0) is 13.1.